The SMILES string of the molecule is CCCn1c(=O)n(CCC(=O)N2CCN(C(=O)CN3CCOCC3)CC2)c2ccccc21. The topological polar surface area (TPSA) is 80.0 Å². The monoisotopic (exact) mass is 443 g/mol. The first-order valence-corrected chi connectivity index (χ1v) is 11.6. The number of para-hydroxylation sites is 2. The Morgan fingerprint density at radius 2 is 1.41 bits per heavy atom. The van der Waals surface area contributed by atoms with E-state index < -0.39 is 0 Å². The molecule has 0 spiro atoms. The number of benzene rings is 1. The third-order valence-electron chi connectivity index (χ3n) is 6.37. The molecule has 174 valence electrons. The van der Waals surface area contributed by atoms with Gasteiger partial charge in [0.05, 0.1) is 30.8 Å². The summed E-state index contributed by atoms with van der Waals surface area (Å²) in [7, 11) is 0. The molecular formula is C23H33N5O4. The fourth-order valence-corrected chi connectivity index (χ4v) is 4.55. The molecule has 1 aromatic heterocycles. The molecule has 9 heteroatoms. The average Bonchev–Trinajstić information content (AvgIpc) is 3.09. The molecule has 0 N–H and O–H groups in total. The standard InChI is InChI=1S/C23H33N5O4/c1-2-8-27-19-5-3-4-6-20(19)28(23(27)31)9-7-21(29)25-10-12-26(13-11-25)22(30)18-24-14-16-32-17-15-24/h3-6H,2,7-18H2,1H3. The normalized spacial score (nSPS) is 17.8. The highest BCUT2D eigenvalue weighted by atomic mass is 16.5. The fourth-order valence-electron chi connectivity index (χ4n) is 4.55. The minimum Gasteiger partial charge on any atom is -0.379 e. The summed E-state index contributed by atoms with van der Waals surface area (Å²) in [5.41, 5.74) is 1.73. The van der Waals surface area contributed by atoms with Crippen LogP contribution in [0, 0.1) is 0 Å². The summed E-state index contributed by atoms with van der Waals surface area (Å²) in [6, 6.07) is 7.75. The summed E-state index contributed by atoms with van der Waals surface area (Å²) < 4.78 is 8.84. The maximum absolute atomic E-state index is 12.9. The highest BCUT2D eigenvalue weighted by Gasteiger charge is 2.26. The number of morpholine rings is 1. The van der Waals surface area contributed by atoms with Crippen molar-refractivity contribution in [3.8, 4) is 0 Å². The lowest BCUT2D eigenvalue weighted by Gasteiger charge is -2.36. The number of imidazole rings is 1. The molecule has 0 bridgehead atoms. The summed E-state index contributed by atoms with van der Waals surface area (Å²) in [6.45, 7) is 8.64. The van der Waals surface area contributed by atoms with E-state index in [9.17, 15) is 14.4 Å². The molecule has 0 aliphatic carbocycles. The Morgan fingerprint density at radius 3 is 2.00 bits per heavy atom. The van der Waals surface area contributed by atoms with Crippen LogP contribution in [0.4, 0.5) is 0 Å². The molecule has 2 aliphatic heterocycles. The molecule has 9 nitrogen and oxygen atoms in total. The van der Waals surface area contributed by atoms with Crippen LogP contribution in [0.25, 0.3) is 11.0 Å². The zero-order valence-electron chi connectivity index (χ0n) is 18.9. The molecule has 3 heterocycles. The Morgan fingerprint density at radius 1 is 0.844 bits per heavy atom. The molecule has 4 rings (SSSR count). The van der Waals surface area contributed by atoms with Crippen LogP contribution in [0.5, 0.6) is 0 Å². The number of hydrogen-bond acceptors (Lipinski definition) is 5. The molecule has 0 atom stereocenters. The van der Waals surface area contributed by atoms with Crippen LogP contribution in [0.3, 0.4) is 0 Å². The number of fused-ring (bicyclic) bond motifs is 1. The minimum atomic E-state index is -0.0561. The van der Waals surface area contributed by atoms with E-state index in [2.05, 4.69) is 4.90 Å². The van der Waals surface area contributed by atoms with Crippen molar-refractivity contribution in [1.82, 2.24) is 23.8 Å². The quantitative estimate of drug-likeness (QED) is 0.626. The lowest BCUT2D eigenvalue weighted by Crippen LogP contribution is -2.53. The molecule has 2 aliphatic rings. The van der Waals surface area contributed by atoms with Gasteiger partial charge in [0.25, 0.3) is 0 Å². The number of piperazine rings is 1. The second kappa shape index (κ2) is 10.3. The van der Waals surface area contributed by atoms with Gasteiger partial charge in [0.15, 0.2) is 0 Å². The predicted molar refractivity (Wildman–Crippen MR) is 122 cm³/mol. The molecule has 0 unspecified atom stereocenters. The first kappa shape index (κ1) is 22.5. The lowest BCUT2D eigenvalue weighted by atomic mass is 10.2. The van der Waals surface area contributed by atoms with Crippen molar-refractivity contribution in [2.45, 2.75) is 32.9 Å². The number of carbonyl (C=O) groups is 2. The van der Waals surface area contributed by atoms with Gasteiger partial charge < -0.3 is 14.5 Å². The van der Waals surface area contributed by atoms with Crippen LogP contribution >= 0.6 is 0 Å². The van der Waals surface area contributed by atoms with Crippen molar-refractivity contribution in [3.05, 3.63) is 34.7 Å². The van der Waals surface area contributed by atoms with Crippen LogP contribution in [-0.4, -0.2) is 94.7 Å². The summed E-state index contributed by atoms with van der Waals surface area (Å²) in [4.78, 5) is 44.1. The number of amides is 2. The predicted octanol–water partition coefficient (Wildman–Crippen LogP) is 0.606. The fraction of sp³-hybridized carbons (Fsp3) is 0.609. The number of hydrogen-bond donors (Lipinski definition) is 0. The Balaban J connectivity index is 1.31. The van der Waals surface area contributed by atoms with Crippen molar-refractivity contribution in [1.29, 1.82) is 0 Å². The summed E-state index contributed by atoms with van der Waals surface area (Å²) in [5.74, 6) is 0.152. The van der Waals surface area contributed by atoms with Gasteiger partial charge in [-0.1, -0.05) is 19.1 Å². The molecule has 2 aromatic rings. The smallest absolute Gasteiger partial charge is 0.329 e. The maximum atomic E-state index is 12.9. The van der Waals surface area contributed by atoms with E-state index in [0.717, 1.165) is 30.5 Å². The number of aromatic nitrogens is 2. The van der Waals surface area contributed by atoms with E-state index in [4.69, 9.17) is 4.74 Å². The molecule has 1 aromatic carbocycles. The molecule has 0 saturated carbocycles. The molecule has 2 saturated heterocycles. The van der Waals surface area contributed by atoms with Crippen molar-refractivity contribution in [3.63, 3.8) is 0 Å². The summed E-state index contributed by atoms with van der Waals surface area (Å²) in [5, 5.41) is 0. The van der Waals surface area contributed by atoms with Gasteiger partial charge in [0.1, 0.15) is 0 Å². The van der Waals surface area contributed by atoms with Crippen LogP contribution in [0.2, 0.25) is 0 Å². The van der Waals surface area contributed by atoms with E-state index in [1.807, 2.05) is 41.0 Å². The van der Waals surface area contributed by atoms with E-state index in [1.54, 1.807) is 9.13 Å². The molecule has 0 radical (unpaired) electrons. The largest absolute Gasteiger partial charge is 0.379 e. The van der Waals surface area contributed by atoms with Gasteiger partial charge in [-0.2, -0.15) is 0 Å². The molecule has 32 heavy (non-hydrogen) atoms. The Kier molecular flexibility index (Phi) is 7.26. The second-order valence-corrected chi connectivity index (χ2v) is 8.47. The zero-order valence-corrected chi connectivity index (χ0v) is 18.9. The van der Waals surface area contributed by atoms with E-state index in [1.165, 1.54) is 0 Å². The maximum Gasteiger partial charge on any atom is 0.329 e. The van der Waals surface area contributed by atoms with Gasteiger partial charge in [-0.15, -0.1) is 0 Å². The Labute approximate surface area is 188 Å². The molecular weight excluding hydrogens is 410 g/mol. The van der Waals surface area contributed by atoms with Crippen LogP contribution in [0.15, 0.2) is 29.1 Å². The Bertz CT molecular complexity index is 999. The van der Waals surface area contributed by atoms with Gasteiger partial charge in [0, 0.05) is 58.8 Å². The second-order valence-electron chi connectivity index (χ2n) is 8.47. The zero-order chi connectivity index (χ0) is 22.5. The van der Waals surface area contributed by atoms with E-state index >= 15 is 0 Å². The highest BCUT2D eigenvalue weighted by molar-refractivity contribution is 5.80. The summed E-state index contributed by atoms with van der Waals surface area (Å²) >= 11 is 0. The van der Waals surface area contributed by atoms with Gasteiger partial charge in [-0.25, -0.2) is 4.79 Å². The minimum absolute atomic E-state index is 0.0319. The Hall–Kier alpha value is -2.65. The molecule has 2 amide bonds. The van der Waals surface area contributed by atoms with Crippen molar-refractivity contribution >= 4 is 22.8 Å². The van der Waals surface area contributed by atoms with Gasteiger partial charge in [-0.3, -0.25) is 23.6 Å². The van der Waals surface area contributed by atoms with Crippen LogP contribution in [0.1, 0.15) is 19.8 Å². The van der Waals surface area contributed by atoms with E-state index in [-0.39, 0.29) is 23.9 Å². The first-order valence-electron chi connectivity index (χ1n) is 11.6. The van der Waals surface area contributed by atoms with Crippen molar-refractivity contribution in [2.24, 2.45) is 0 Å². The molecule has 2 fully saturated rings. The van der Waals surface area contributed by atoms with Crippen molar-refractivity contribution < 1.29 is 14.3 Å². The lowest BCUT2D eigenvalue weighted by molar-refractivity contribution is -0.140. The summed E-state index contributed by atoms with van der Waals surface area (Å²) in [6.07, 6.45) is 1.16. The number of rotatable bonds is 7. The highest BCUT2D eigenvalue weighted by Crippen LogP contribution is 2.14. The number of aryl methyl sites for hydroxylation is 2. The number of ether oxygens (including phenoxy) is 1. The average molecular weight is 444 g/mol. The van der Waals surface area contributed by atoms with Crippen LogP contribution in [-0.2, 0) is 27.4 Å². The number of nitrogens with zero attached hydrogens (tertiary/aromatic N) is 5. The van der Waals surface area contributed by atoms with E-state index in [0.29, 0.717) is 59.0 Å². The van der Waals surface area contributed by atoms with Crippen LogP contribution < -0.4 is 5.69 Å². The van der Waals surface area contributed by atoms with Gasteiger partial charge in [-0.05, 0) is 18.6 Å². The third-order valence-corrected chi connectivity index (χ3v) is 6.37. The van der Waals surface area contributed by atoms with Crippen molar-refractivity contribution in [2.75, 3.05) is 59.0 Å². The third kappa shape index (κ3) is 4.88. The van der Waals surface area contributed by atoms with Gasteiger partial charge in [0.2, 0.25) is 11.8 Å². The first-order chi connectivity index (χ1) is 15.6. The van der Waals surface area contributed by atoms with Gasteiger partial charge >= 0.3 is 5.69 Å². The number of carbonyl (C=O) groups excluding carboxylic acids is 2.